The highest BCUT2D eigenvalue weighted by Gasteiger charge is 2.17. The van der Waals surface area contributed by atoms with Crippen LogP contribution in [0.4, 0.5) is 0 Å². The summed E-state index contributed by atoms with van der Waals surface area (Å²) in [6.45, 7) is 4.64. The molecule has 0 aliphatic carbocycles. The van der Waals surface area contributed by atoms with E-state index in [1.54, 1.807) is 7.11 Å². The number of hydrogen-bond acceptors (Lipinski definition) is 2. The normalized spacial score (nSPS) is 12.7. The molecule has 21 heavy (non-hydrogen) atoms. The third-order valence-corrected chi connectivity index (χ3v) is 4.32. The van der Waals surface area contributed by atoms with Crippen LogP contribution >= 0.6 is 22.6 Å². The molecule has 0 saturated heterocycles. The Labute approximate surface area is 143 Å². The van der Waals surface area contributed by atoms with Crippen LogP contribution in [0, 0.1) is 0 Å². The molecular weight excluding hydrogens is 375 g/mol. The number of ether oxygens (including phenoxy) is 2. The van der Waals surface area contributed by atoms with E-state index in [4.69, 9.17) is 9.47 Å². The van der Waals surface area contributed by atoms with Crippen LogP contribution in [-0.4, -0.2) is 19.5 Å². The van der Waals surface area contributed by atoms with Crippen molar-refractivity contribution in [2.24, 2.45) is 0 Å². The summed E-state index contributed by atoms with van der Waals surface area (Å²) in [5.74, 6) is 0. The Morgan fingerprint density at radius 3 is 2.48 bits per heavy atom. The fourth-order valence-corrected chi connectivity index (χ4v) is 2.92. The maximum absolute atomic E-state index is 5.66. The Morgan fingerprint density at radius 1 is 1.14 bits per heavy atom. The number of unbranched alkanes of at least 4 members (excludes halogenated alkanes) is 2. The Hall–Kier alpha value is -0.390. The van der Waals surface area contributed by atoms with Crippen LogP contribution in [-0.2, 0) is 9.47 Å². The van der Waals surface area contributed by atoms with Crippen LogP contribution in [0.2, 0.25) is 0 Å². The summed E-state index contributed by atoms with van der Waals surface area (Å²) in [7, 11) is 1.66. The van der Waals surface area contributed by atoms with E-state index in [1.807, 2.05) is 0 Å². The van der Waals surface area contributed by atoms with Gasteiger partial charge in [0, 0.05) is 7.11 Å². The zero-order valence-corrected chi connectivity index (χ0v) is 15.6. The molecule has 0 spiro atoms. The molecule has 0 aliphatic heterocycles. The summed E-state index contributed by atoms with van der Waals surface area (Å²) in [6, 6.07) is 10.6. The molecule has 0 unspecified atom stereocenters. The maximum Gasteiger partial charge on any atom is 0.147 e. The number of benzene rings is 1. The highest BCUT2D eigenvalue weighted by atomic mass is 127. The van der Waals surface area contributed by atoms with Crippen molar-refractivity contribution in [3.05, 3.63) is 40.0 Å². The van der Waals surface area contributed by atoms with Crippen molar-refractivity contribution >= 4 is 28.2 Å². The van der Waals surface area contributed by atoms with Crippen LogP contribution < -0.4 is 0 Å². The molecule has 0 N–H and O–H groups in total. The van der Waals surface area contributed by atoms with E-state index in [2.05, 4.69) is 70.9 Å². The van der Waals surface area contributed by atoms with Gasteiger partial charge in [-0.3, -0.25) is 0 Å². The minimum atomic E-state index is -0.0859. The molecule has 1 aromatic rings. The first-order chi connectivity index (χ1) is 10.1. The third-order valence-electron chi connectivity index (χ3n) is 3.57. The van der Waals surface area contributed by atoms with Crippen molar-refractivity contribution in [2.45, 2.75) is 51.6 Å². The van der Waals surface area contributed by atoms with E-state index in [-0.39, 0.29) is 5.60 Å². The first kappa shape index (κ1) is 18.7. The second-order valence-corrected chi connectivity index (χ2v) is 6.49. The summed E-state index contributed by atoms with van der Waals surface area (Å²) < 4.78 is 12.8. The largest absolute Gasteiger partial charge is 0.359 e. The molecule has 0 aromatic heterocycles. The zero-order chi connectivity index (χ0) is 15.6. The van der Waals surface area contributed by atoms with Crippen LogP contribution in [0.25, 0.3) is 5.57 Å². The maximum atomic E-state index is 5.66. The molecular formula is C18H27IO2. The number of halogens is 1. The van der Waals surface area contributed by atoms with E-state index in [1.165, 1.54) is 30.4 Å². The number of methoxy groups -OCH3 is 1. The van der Waals surface area contributed by atoms with Crippen LogP contribution in [0.15, 0.2) is 34.4 Å². The molecule has 0 saturated carbocycles. The molecule has 0 aliphatic rings. The second-order valence-electron chi connectivity index (χ2n) is 5.87. The summed E-state index contributed by atoms with van der Waals surface area (Å²) in [5.41, 5.74) is 2.69. The average molecular weight is 402 g/mol. The SMILES string of the molecule is COCOC(C)(C)CCCCC/C(=C\I)c1ccccc1. The third kappa shape index (κ3) is 7.98. The predicted molar refractivity (Wildman–Crippen MR) is 98.6 cm³/mol. The Morgan fingerprint density at radius 2 is 1.86 bits per heavy atom. The molecule has 2 nitrogen and oxygen atoms in total. The lowest BCUT2D eigenvalue weighted by Crippen LogP contribution is -2.25. The summed E-state index contributed by atoms with van der Waals surface area (Å²) in [4.78, 5) is 0. The van der Waals surface area contributed by atoms with Gasteiger partial charge in [0.15, 0.2) is 0 Å². The fraction of sp³-hybridized carbons (Fsp3) is 0.556. The van der Waals surface area contributed by atoms with Crippen molar-refractivity contribution in [2.75, 3.05) is 13.9 Å². The summed E-state index contributed by atoms with van der Waals surface area (Å²) in [5, 5.41) is 0. The molecule has 3 heteroatoms. The highest BCUT2D eigenvalue weighted by Crippen LogP contribution is 2.24. The zero-order valence-electron chi connectivity index (χ0n) is 13.4. The van der Waals surface area contributed by atoms with Crippen molar-refractivity contribution in [3.8, 4) is 0 Å². The van der Waals surface area contributed by atoms with Gasteiger partial charge in [-0.1, -0.05) is 65.8 Å². The van der Waals surface area contributed by atoms with Gasteiger partial charge in [0.25, 0.3) is 0 Å². The lowest BCUT2D eigenvalue weighted by molar-refractivity contribution is -0.117. The molecule has 0 amide bonds. The summed E-state index contributed by atoms with van der Waals surface area (Å²) >= 11 is 2.35. The fourth-order valence-electron chi connectivity index (χ4n) is 2.25. The first-order valence-corrected chi connectivity index (χ1v) is 8.81. The van der Waals surface area contributed by atoms with Gasteiger partial charge in [0.05, 0.1) is 5.60 Å². The standard InChI is InChI=1S/C18H27IO2/c1-18(2,21-15-20-3)13-9-5-8-12-17(14-19)16-10-6-4-7-11-16/h4,6-7,10-11,14H,5,8-9,12-13,15H2,1-3H3/b17-14+. The van der Waals surface area contributed by atoms with Gasteiger partial charge >= 0.3 is 0 Å². The lowest BCUT2D eigenvalue weighted by atomic mass is 9.97. The van der Waals surface area contributed by atoms with Crippen molar-refractivity contribution in [1.82, 2.24) is 0 Å². The van der Waals surface area contributed by atoms with E-state index < -0.39 is 0 Å². The Bertz CT molecular complexity index is 412. The molecule has 0 atom stereocenters. The molecule has 0 fully saturated rings. The number of rotatable bonds is 10. The number of hydrogen-bond donors (Lipinski definition) is 0. The minimum absolute atomic E-state index is 0.0859. The Balaban J connectivity index is 2.24. The van der Waals surface area contributed by atoms with Crippen molar-refractivity contribution in [1.29, 1.82) is 0 Å². The van der Waals surface area contributed by atoms with Gasteiger partial charge in [-0.25, -0.2) is 0 Å². The first-order valence-electron chi connectivity index (χ1n) is 7.56. The Kier molecular flexibility index (Phi) is 9.20. The highest BCUT2D eigenvalue weighted by molar-refractivity contribution is 14.1. The van der Waals surface area contributed by atoms with E-state index >= 15 is 0 Å². The molecule has 0 heterocycles. The van der Waals surface area contributed by atoms with E-state index in [0.29, 0.717) is 6.79 Å². The monoisotopic (exact) mass is 402 g/mol. The van der Waals surface area contributed by atoms with Crippen LogP contribution in [0.3, 0.4) is 0 Å². The number of allylic oxidation sites excluding steroid dienone is 1. The predicted octanol–water partition coefficient (Wildman–Crippen LogP) is 5.81. The molecule has 0 bridgehead atoms. The van der Waals surface area contributed by atoms with Gasteiger partial charge in [0.2, 0.25) is 0 Å². The quantitative estimate of drug-likeness (QED) is 0.279. The van der Waals surface area contributed by atoms with E-state index in [0.717, 1.165) is 12.8 Å². The van der Waals surface area contributed by atoms with Gasteiger partial charge in [-0.2, -0.15) is 0 Å². The van der Waals surface area contributed by atoms with Gasteiger partial charge in [0.1, 0.15) is 6.79 Å². The minimum Gasteiger partial charge on any atom is -0.359 e. The topological polar surface area (TPSA) is 18.5 Å². The van der Waals surface area contributed by atoms with Gasteiger partial charge in [-0.15, -0.1) is 0 Å². The second kappa shape index (κ2) is 10.4. The molecule has 0 radical (unpaired) electrons. The van der Waals surface area contributed by atoms with Gasteiger partial charge in [-0.05, 0) is 48.3 Å². The van der Waals surface area contributed by atoms with E-state index in [9.17, 15) is 0 Å². The van der Waals surface area contributed by atoms with Crippen LogP contribution in [0.1, 0.15) is 51.5 Å². The lowest BCUT2D eigenvalue weighted by Gasteiger charge is -2.24. The molecule has 118 valence electrons. The van der Waals surface area contributed by atoms with Crippen molar-refractivity contribution < 1.29 is 9.47 Å². The smallest absolute Gasteiger partial charge is 0.147 e. The summed E-state index contributed by atoms with van der Waals surface area (Å²) in [6.07, 6.45) is 5.88. The molecule has 1 rings (SSSR count). The van der Waals surface area contributed by atoms with Crippen LogP contribution in [0.5, 0.6) is 0 Å². The average Bonchev–Trinajstić information content (AvgIpc) is 2.50. The molecule has 1 aromatic carbocycles. The van der Waals surface area contributed by atoms with Crippen molar-refractivity contribution in [3.63, 3.8) is 0 Å². The van der Waals surface area contributed by atoms with Gasteiger partial charge < -0.3 is 9.47 Å².